The van der Waals surface area contributed by atoms with E-state index in [1.54, 1.807) is 6.92 Å². The summed E-state index contributed by atoms with van der Waals surface area (Å²) in [7, 11) is 0. The third kappa shape index (κ3) is 4.61. The molecule has 20 heavy (non-hydrogen) atoms. The highest BCUT2D eigenvalue weighted by atomic mass is 79.9. The van der Waals surface area contributed by atoms with Gasteiger partial charge in [-0.15, -0.1) is 0 Å². The third-order valence-electron chi connectivity index (χ3n) is 2.05. The lowest BCUT2D eigenvalue weighted by Gasteiger charge is -2.06. The number of hydrogen-bond donors (Lipinski definition) is 0. The van der Waals surface area contributed by atoms with E-state index in [1.165, 1.54) is 6.08 Å². The summed E-state index contributed by atoms with van der Waals surface area (Å²) in [5.74, 6) is -1.40. The van der Waals surface area contributed by atoms with Crippen LogP contribution in [0.4, 0.5) is 10.1 Å². The van der Waals surface area contributed by atoms with E-state index in [1.807, 2.05) is 0 Å². The normalized spacial score (nSPS) is 10.6. The number of hydrogen-bond acceptors (Lipinski definition) is 5. The molecule has 0 saturated heterocycles. The smallest absolute Gasteiger partial charge is 0.330 e. The van der Waals surface area contributed by atoms with Crippen LogP contribution < -0.4 is 4.74 Å². The predicted octanol–water partition coefficient (Wildman–Crippen LogP) is 2.99. The Morgan fingerprint density at radius 3 is 2.85 bits per heavy atom. The highest BCUT2D eigenvalue weighted by Crippen LogP contribution is 2.35. The van der Waals surface area contributed by atoms with Crippen LogP contribution in [0.15, 0.2) is 28.8 Å². The van der Waals surface area contributed by atoms with Crippen molar-refractivity contribution >= 4 is 27.6 Å². The Morgan fingerprint density at radius 2 is 2.25 bits per heavy atom. The lowest BCUT2D eigenvalue weighted by atomic mass is 10.3. The highest BCUT2D eigenvalue weighted by Gasteiger charge is 2.20. The van der Waals surface area contributed by atoms with Gasteiger partial charge in [0.05, 0.1) is 22.1 Å². The van der Waals surface area contributed by atoms with Crippen LogP contribution in [-0.4, -0.2) is 24.1 Å². The fourth-order valence-electron chi connectivity index (χ4n) is 1.29. The molecule has 1 aromatic carbocycles. The molecular formula is C12H11BrFNO5. The first-order valence-corrected chi connectivity index (χ1v) is 6.34. The van der Waals surface area contributed by atoms with E-state index < -0.39 is 22.4 Å². The number of ether oxygens (including phenoxy) is 2. The SMILES string of the molecule is CCOC(=O)/C=C/COc1c(Br)cc(F)cc1[N+](=O)[O-]. The molecule has 0 fully saturated rings. The van der Waals surface area contributed by atoms with Crippen LogP contribution in [0, 0.1) is 15.9 Å². The summed E-state index contributed by atoms with van der Waals surface area (Å²) in [6.45, 7) is 1.82. The number of nitro benzene ring substituents is 1. The molecule has 1 aromatic rings. The fraction of sp³-hybridized carbons (Fsp3) is 0.250. The molecule has 0 aliphatic heterocycles. The van der Waals surface area contributed by atoms with Gasteiger partial charge in [0.15, 0.2) is 0 Å². The van der Waals surface area contributed by atoms with Crippen LogP contribution in [0.2, 0.25) is 0 Å². The first-order chi connectivity index (χ1) is 9.45. The lowest BCUT2D eigenvalue weighted by molar-refractivity contribution is -0.386. The molecule has 0 amide bonds. The molecule has 0 unspecified atom stereocenters. The number of benzene rings is 1. The van der Waals surface area contributed by atoms with Gasteiger partial charge in [0, 0.05) is 6.08 Å². The number of carbonyl (C=O) groups is 1. The van der Waals surface area contributed by atoms with E-state index >= 15 is 0 Å². The zero-order valence-electron chi connectivity index (χ0n) is 10.5. The van der Waals surface area contributed by atoms with Gasteiger partial charge in [-0.3, -0.25) is 10.1 Å². The highest BCUT2D eigenvalue weighted by molar-refractivity contribution is 9.10. The van der Waals surface area contributed by atoms with Gasteiger partial charge >= 0.3 is 11.7 Å². The van der Waals surface area contributed by atoms with E-state index in [0.29, 0.717) is 0 Å². The zero-order chi connectivity index (χ0) is 15.1. The molecule has 6 nitrogen and oxygen atoms in total. The van der Waals surface area contributed by atoms with Gasteiger partial charge in [-0.05, 0) is 35.0 Å². The molecule has 108 valence electrons. The van der Waals surface area contributed by atoms with Crippen LogP contribution in [-0.2, 0) is 9.53 Å². The molecule has 0 aliphatic carbocycles. The van der Waals surface area contributed by atoms with Crippen molar-refractivity contribution < 1.29 is 23.6 Å². The van der Waals surface area contributed by atoms with E-state index in [4.69, 9.17) is 4.74 Å². The maximum atomic E-state index is 13.1. The van der Waals surface area contributed by atoms with E-state index in [0.717, 1.165) is 18.2 Å². The van der Waals surface area contributed by atoms with Crippen molar-refractivity contribution in [2.75, 3.05) is 13.2 Å². The standard InChI is InChI=1S/C12H11BrFNO5/c1-2-19-11(16)4-3-5-20-12-9(13)6-8(14)7-10(12)15(17)18/h3-4,6-7H,2,5H2,1H3/b4-3+. The Kier molecular flexibility index (Phi) is 6.10. The Labute approximate surface area is 122 Å². The number of nitro groups is 1. The van der Waals surface area contributed by atoms with Gasteiger partial charge in [0.1, 0.15) is 12.4 Å². The molecule has 0 atom stereocenters. The molecule has 0 spiro atoms. The van der Waals surface area contributed by atoms with Crippen molar-refractivity contribution in [1.29, 1.82) is 0 Å². The Hall–Kier alpha value is -1.96. The molecule has 0 aliphatic rings. The van der Waals surface area contributed by atoms with Crippen molar-refractivity contribution in [3.63, 3.8) is 0 Å². The molecule has 0 aromatic heterocycles. The quantitative estimate of drug-likeness (QED) is 0.342. The summed E-state index contributed by atoms with van der Waals surface area (Å²) in [5, 5.41) is 10.8. The number of halogens is 2. The molecule has 0 N–H and O–H groups in total. The first kappa shape index (κ1) is 16.1. The van der Waals surface area contributed by atoms with Gasteiger partial charge in [-0.2, -0.15) is 0 Å². The maximum Gasteiger partial charge on any atom is 0.330 e. The minimum Gasteiger partial charge on any atom is -0.482 e. The van der Waals surface area contributed by atoms with E-state index in [2.05, 4.69) is 20.7 Å². The Morgan fingerprint density at radius 1 is 1.55 bits per heavy atom. The Bertz CT molecular complexity index is 547. The van der Waals surface area contributed by atoms with Crippen molar-refractivity contribution in [2.24, 2.45) is 0 Å². The number of carbonyl (C=O) groups excluding carboxylic acids is 1. The molecule has 8 heteroatoms. The summed E-state index contributed by atoms with van der Waals surface area (Å²) >= 11 is 2.99. The summed E-state index contributed by atoms with van der Waals surface area (Å²) < 4.78 is 23.0. The third-order valence-corrected chi connectivity index (χ3v) is 2.64. The molecule has 0 heterocycles. The minimum atomic E-state index is -0.752. The number of esters is 1. The molecule has 0 saturated carbocycles. The minimum absolute atomic E-state index is 0.0934. The summed E-state index contributed by atoms with van der Waals surface area (Å²) in [6, 6.07) is 1.81. The maximum absolute atomic E-state index is 13.1. The summed E-state index contributed by atoms with van der Waals surface area (Å²) in [4.78, 5) is 21.1. The van der Waals surface area contributed by atoms with E-state index in [-0.39, 0.29) is 23.4 Å². The predicted molar refractivity (Wildman–Crippen MR) is 72.0 cm³/mol. The Balaban J connectivity index is 2.78. The zero-order valence-corrected chi connectivity index (χ0v) is 12.1. The van der Waals surface area contributed by atoms with Crippen molar-refractivity contribution in [1.82, 2.24) is 0 Å². The molecule has 0 radical (unpaired) electrons. The molecular weight excluding hydrogens is 337 g/mol. The van der Waals surface area contributed by atoms with Crippen molar-refractivity contribution in [3.8, 4) is 5.75 Å². The monoisotopic (exact) mass is 347 g/mol. The van der Waals surface area contributed by atoms with Crippen LogP contribution in [0.25, 0.3) is 0 Å². The average Bonchev–Trinajstić information content (AvgIpc) is 2.36. The van der Waals surface area contributed by atoms with Gasteiger partial charge in [-0.25, -0.2) is 9.18 Å². The first-order valence-electron chi connectivity index (χ1n) is 5.55. The van der Waals surface area contributed by atoms with Crippen LogP contribution in [0.1, 0.15) is 6.92 Å². The van der Waals surface area contributed by atoms with Gasteiger partial charge in [0.2, 0.25) is 5.75 Å². The van der Waals surface area contributed by atoms with Gasteiger partial charge in [0.25, 0.3) is 0 Å². The number of rotatable bonds is 6. The van der Waals surface area contributed by atoms with Gasteiger partial charge < -0.3 is 9.47 Å². The summed E-state index contributed by atoms with van der Waals surface area (Å²) in [5.41, 5.74) is -0.499. The molecule has 0 bridgehead atoms. The van der Waals surface area contributed by atoms with Crippen LogP contribution in [0.3, 0.4) is 0 Å². The van der Waals surface area contributed by atoms with Crippen molar-refractivity contribution in [3.05, 3.63) is 44.7 Å². The topological polar surface area (TPSA) is 78.7 Å². The number of nitrogens with zero attached hydrogens (tertiary/aromatic N) is 1. The molecule has 1 rings (SSSR count). The van der Waals surface area contributed by atoms with Gasteiger partial charge in [-0.1, -0.05) is 0 Å². The van der Waals surface area contributed by atoms with Crippen LogP contribution in [0.5, 0.6) is 5.75 Å². The van der Waals surface area contributed by atoms with Crippen molar-refractivity contribution in [2.45, 2.75) is 6.92 Å². The summed E-state index contributed by atoms with van der Waals surface area (Å²) in [6.07, 6.45) is 2.49. The second-order valence-electron chi connectivity index (χ2n) is 3.46. The van der Waals surface area contributed by atoms with Crippen LogP contribution >= 0.6 is 15.9 Å². The largest absolute Gasteiger partial charge is 0.482 e. The van der Waals surface area contributed by atoms with E-state index in [9.17, 15) is 19.3 Å². The second kappa shape index (κ2) is 7.59. The average molecular weight is 348 g/mol. The second-order valence-corrected chi connectivity index (χ2v) is 4.31. The fourth-order valence-corrected chi connectivity index (χ4v) is 1.83. The lowest BCUT2D eigenvalue weighted by Crippen LogP contribution is -2.02.